The Kier molecular flexibility index (Phi) is 4.74. The number of pyridine rings is 1. The molecule has 2 rings (SSSR count). The maximum Gasteiger partial charge on any atom is 0.137 e. The van der Waals surface area contributed by atoms with Crippen LogP contribution in [0.3, 0.4) is 0 Å². The van der Waals surface area contributed by atoms with Crippen molar-refractivity contribution in [2.24, 2.45) is 5.92 Å². The van der Waals surface area contributed by atoms with Crippen molar-refractivity contribution in [1.29, 1.82) is 0 Å². The molecule has 0 amide bonds. The summed E-state index contributed by atoms with van der Waals surface area (Å²) in [6, 6.07) is 2.08. The molecule has 1 heterocycles. The summed E-state index contributed by atoms with van der Waals surface area (Å²) in [6.45, 7) is 2.32. The summed E-state index contributed by atoms with van der Waals surface area (Å²) >= 11 is 5.32. The standard InChI is InChI=1S/C13H19BrN2S/c1-9(10-5-3-2-4-6-10)17-12-7-11(14)8-16-13(12)15/h7-10H,2-6H2,1H3,(H2,15,16)/t9-/m1/s1. The molecule has 0 saturated heterocycles. The third-order valence-electron chi connectivity index (χ3n) is 3.47. The van der Waals surface area contributed by atoms with Gasteiger partial charge in [0.2, 0.25) is 0 Å². The van der Waals surface area contributed by atoms with E-state index in [9.17, 15) is 0 Å². The van der Waals surface area contributed by atoms with Crippen molar-refractivity contribution in [1.82, 2.24) is 4.98 Å². The van der Waals surface area contributed by atoms with Gasteiger partial charge in [-0.3, -0.25) is 0 Å². The van der Waals surface area contributed by atoms with Crippen LogP contribution in [0.25, 0.3) is 0 Å². The summed E-state index contributed by atoms with van der Waals surface area (Å²) in [6.07, 6.45) is 8.69. The Balaban J connectivity index is 2.01. The van der Waals surface area contributed by atoms with Gasteiger partial charge in [0.25, 0.3) is 0 Å². The van der Waals surface area contributed by atoms with Gasteiger partial charge in [0.1, 0.15) is 5.82 Å². The van der Waals surface area contributed by atoms with Gasteiger partial charge in [-0.15, -0.1) is 11.8 Å². The van der Waals surface area contributed by atoms with Crippen molar-refractivity contribution in [2.45, 2.75) is 49.2 Å². The van der Waals surface area contributed by atoms with Crippen LogP contribution in [0.4, 0.5) is 5.82 Å². The molecule has 94 valence electrons. The Morgan fingerprint density at radius 2 is 2.12 bits per heavy atom. The third kappa shape index (κ3) is 3.62. The number of nitrogens with two attached hydrogens (primary N) is 1. The van der Waals surface area contributed by atoms with Crippen molar-refractivity contribution in [3.05, 3.63) is 16.7 Å². The average Bonchev–Trinajstić information content (AvgIpc) is 2.35. The van der Waals surface area contributed by atoms with Gasteiger partial charge in [0, 0.05) is 15.9 Å². The van der Waals surface area contributed by atoms with Gasteiger partial charge < -0.3 is 5.73 Å². The van der Waals surface area contributed by atoms with Crippen LogP contribution in [0.15, 0.2) is 21.6 Å². The summed E-state index contributed by atoms with van der Waals surface area (Å²) in [5, 5.41) is 0.633. The van der Waals surface area contributed by atoms with Crippen LogP contribution in [0.5, 0.6) is 0 Å². The first-order chi connectivity index (χ1) is 8.16. The third-order valence-corrected chi connectivity index (χ3v) is 5.25. The first-order valence-corrected chi connectivity index (χ1v) is 7.92. The Morgan fingerprint density at radius 3 is 2.82 bits per heavy atom. The van der Waals surface area contributed by atoms with E-state index in [0.29, 0.717) is 11.1 Å². The van der Waals surface area contributed by atoms with Gasteiger partial charge in [0.05, 0.1) is 4.90 Å². The Morgan fingerprint density at radius 1 is 1.41 bits per heavy atom. The summed E-state index contributed by atoms with van der Waals surface area (Å²) in [5.41, 5.74) is 5.91. The number of hydrogen-bond acceptors (Lipinski definition) is 3. The van der Waals surface area contributed by atoms with Gasteiger partial charge in [-0.05, 0) is 40.8 Å². The Hall–Kier alpha value is -0.220. The molecule has 4 heteroatoms. The second-order valence-electron chi connectivity index (χ2n) is 4.76. The zero-order valence-electron chi connectivity index (χ0n) is 10.2. The van der Waals surface area contributed by atoms with E-state index in [4.69, 9.17) is 5.73 Å². The summed E-state index contributed by atoms with van der Waals surface area (Å²) in [5.74, 6) is 1.49. The second-order valence-corrected chi connectivity index (χ2v) is 7.09. The first-order valence-electron chi connectivity index (χ1n) is 6.24. The van der Waals surface area contributed by atoms with E-state index in [-0.39, 0.29) is 0 Å². The molecule has 0 aromatic carbocycles. The van der Waals surface area contributed by atoms with Gasteiger partial charge in [-0.2, -0.15) is 0 Å². The Labute approximate surface area is 116 Å². The molecule has 0 bridgehead atoms. The molecular weight excluding hydrogens is 296 g/mol. The van der Waals surface area contributed by atoms with E-state index in [1.807, 2.05) is 11.8 Å². The second kappa shape index (κ2) is 6.10. The SMILES string of the molecule is C[C@@H](Sc1cc(Br)cnc1N)C1CCCCC1. The lowest BCUT2D eigenvalue weighted by molar-refractivity contribution is 0.357. The molecule has 0 radical (unpaired) electrons. The number of nitrogens with zero attached hydrogens (tertiary/aromatic N) is 1. The topological polar surface area (TPSA) is 38.9 Å². The molecule has 1 saturated carbocycles. The highest BCUT2D eigenvalue weighted by atomic mass is 79.9. The number of rotatable bonds is 3. The molecule has 0 spiro atoms. The van der Waals surface area contributed by atoms with Crippen molar-refractivity contribution < 1.29 is 0 Å². The minimum absolute atomic E-state index is 0.633. The van der Waals surface area contributed by atoms with Crippen LogP contribution >= 0.6 is 27.7 Å². The van der Waals surface area contributed by atoms with Crippen LogP contribution < -0.4 is 5.73 Å². The normalized spacial score (nSPS) is 19.2. The molecule has 1 aliphatic carbocycles. The van der Waals surface area contributed by atoms with E-state index in [2.05, 4.69) is 33.9 Å². The molecule has 2 N–H and O–H groups in total. The monoisotopic (exact) mass is 314 g/mol. The van der Waals surface area contributed by atoms with Crippen molar-refractivity contribution >= 4 is 33.5 Å². The van der Waals surface area contributed by atoms with Crippen molar-refractivity contribution in [3.8, 4) is 0 Å². The average molecular weight is 315 g/mol. The van der Waals surface area contributed by atoms with Crippen molar-refractivity contribution in [2.75, 3.05) is 5.73 Å². The lowest BCUT2D eigenvalue weighted by Gasteiger charge is -2.27. The minimum atomic E-state index is 0.633. The van der Waals surface area contributed by atoms with E-state index < -0.39 is 0 Å². The summed E-state index contributed by atoms with van der Waals surface area (Å²) in [4.78, 5) is 5.30. The highest BCUT2D eigenvalue weighted by Gasteiger charge is 2.21. The minimum Gasteiger partial charge on any atom is -0.383 e. The number of anilines is 1. The van der Waals surface area contributed by atoms with Crippen LogP contribution in [0.1, 0.15) is 39.0 Å². The number of thioether (sulfide) groups is 1. The summed E-state index contributed by atoms with van der Waals surface area (Å²) < 4.78 is 1.00. The molecule has 1 aromatic heterocycles. The maximum absolute atomic E-state index is 5.91. The predicted molar refractivity (Wildman–Crippen MR) is 78.2 cm³/mol. The van der Waals surface area contributed by atoms with Gasteiger partial charge >= 0.3 is 0 Å². The van der Waals surface area contributed by atoms with Crippen LogP contribution in [0, 0.1) is 5.92 Å². The van der Waals surface area contributed by atoms with E-state index in [0.717, 1.165) is 15.3 Å². The molecule has 1 fully saturated rings. The molecular formula is C13H19BrN2S. The number of hydrogen-bond donors (Lipinski definition) is 1. The number of halogens is 1. The fourth-order valence-electron chi connectivity index (χ4n) is 2.43. The molecule has 1 atom stereocenters. The molecule has 0 unspecified atom stereocenters. The largest absolute Gasteiger partial charge is 0.383 e. The Bertz CT molecular complexity index is 378. The van der Waals surface area contributed by atoms with Crippen LogP contribution in [-0.4, -0.2) is 10.2 Å². The first kappa shape index (κ1) is 13.2. The highest BCUT2D eigenvalue weighted by Crippen LogP contribution is 2.38. The maximum atomic E-state index is 5.91. The van der Waals surface area contributed by atoms with Crippen molar-refractivity contribution in [3.63, 3.8) is 0 Å². The smallest absolute Gasteiger partial charge is 0.137 e. The van der Waals surface area contributed by atoms with Crippen LogP contribution in [-0.2, 0) is 0 Å². The predicted octanol–water partition coefficient (Wildman–Crippen LogP) is 4.49. The zero-order chi connectivity index (χ0) is 12.3. The fraction of sp³-hybridized carbons (Fsp3) is 0.615. The fourth-order valence-corrected chi connectivity index (χ4v) is 4.14. The van der Waals surface area contributed by atoms with E-state index in [1.54, 1.807) is 6.20 Å². The van der Waals surface area contributed by atoms with Gasteiger partial charge in [0.15, 0.2) is 0 Å². The molecule has 1 aromatic rings. The van der Waals surface area contributed by atoms with E-state index in [1.165, 1.54) is 32.1 Å². The number of nitrogen functional groups attached to an aromatic ring is 1. The van der Waals surface area contributed by atoms with Gasteiger partial charge in [-0.1, -0.05) is 26.2 Å². The lowest BCUT2D eigenvalue weighted by Crippen LogP contribution is -2.17. The lowest BCUT2D eigenvalue weighted by atomic mass is 9.87. The molecule has 1 aliphatic rings. The molecule has 2 nitrogen and oxygen atoms in total. The highest BCUT2D eigenvalue weighted by molar-refractivity contribution is 9.10. The quantitative estimate of drug-likeness (QED) is 0.836. The molecule has 0 aliphatic heterocycles. The van der Waals surface area contributed by atoms with Crippen LogP contribution in [0.2, 0.25) is 0 Å². The summed E-state index contributed by atoms with van der Waals surface area (Å²) in [7, 11) is 0. The van der Waals surface area contributed by atoms with Gasteiger partial charge in [-0.25, -0.2) is 4.98 Å². The molecule has 17 heavy (non-hydrogen) atoms. The van der Waals surface area contributed by atoms with E-state index >= 15 is 0 Å². The zero-order valence-corrected chi connectivity index (χ0v) is 12.6. The number of aromatic nitrogens is 1.